The first-order chi connectivity index (χ1) is 12.1. The fourth-order valence-electron chi connectivity index (χ4n) is 3.19. The first-order valence-electron chi connectivity index (χ1n) is 8.83. The molecule has 1 amide bonds. The highest BCUT2D eigenvalue weighted by atomic mass is 32.1. The van der Waals surface area contributed by atoms with Gasteiger partial charge in [0, 0.05) is 37.0 Å². The monoisotopic (exact) mass is 376 g/mol. The number of hydrogen-bond donors (Lipinski definition) is 1. The topological polar surface area (TPSA) is 48.5 Å². The van der Waals surface area contributed by atoms with E-state index in [2.05, 4.69) is 31.9 Å². The Morgan fingerprint density at radius 1 is 1.44 bits per heavy atom. The number of amides is 1. The van der Waals surface area contributed by atoms with Crippen LogP contribution in [-0.2, 0) is 11.2 Å². The number of nitrogens with zero attached hydrogens (tertiary/aromatic N) is 3. The first kappa shape index (κ1) is 17.0. The lowest BCUT2D eigenvalue weighted by Gasteiger charge is -2.26. The molecule has 0 spiro atoms. The van der Waals surface area contributed by atoms with Gasteiger partial charge in [-0.25, -0.2) is 4.98 Å². The summed E-state index contributed by atoms with van der Waals surface area (Å²) in [5.74, 6) is 0.888. The number of hydrogen-bond acceptors (Lipinski definition) is 6. The van der Waals surface area contributed by atoms with Crippen molar-refractivity contribution in [3.8, 4) is 10.6 Å². The van der Waals surface area contributed by atoms with Gasteiger partial charge < -0.3 is 15.1 Å². The predicted molar refractivity (Wildman–Crippen MR) is 105 cm³/mol. The van der Waals surface area contributed by atoms with E-state index in [0.717, 1.165) is 36.1 Å². The van der Waals surface area contributed by atoms with Crippen LogP contribution in [0.15, 0.2) is 16.8 Å². The van der Waals surface area contributed by atoms with Crippen molar-refractivity contribution in [3.05, 3.63) is 22.5 Å². The minimum atomic E-state index is -0.0898. The maximum absolute atomic E-state index is 12.7. The van der Waals surface area contributed by atoms with E-state index < -0.39 is 0 Å². The maximum atomic E-state index is 12.7. The molecule has 1 aliphatic carbocycles. The summed E-state index contributed by atoms with van der Waals surface area (Å²) >= 11 is 3.44. The molecule has 2 aromatic rings. The van der Waals surface area contributed by atoms with Crippen molar-refractivity contribution in [1.29, 1.82) is 0 Å². The van der Waals surface area contributed by atoms with Crippen LogP contribution in [0.25, 0.3) is 10.6 Å². The summed E-state index contributed by atoms with van der Waals surface area (Å²) in [4.78, 5) is 22.0. The molecular formula is C18H24N4OS2. The van der Waals surface area contributed by atoms with E-state index >= 15 is 0 Å². The molecule has 0 unspecified atom stereocenters. The maximum Gasteiger partial charge on any atom is 0.243 e. The summed E-state index contributed by atoms with van der Waals surface area (Å²) in [6.45, 7) is 2.55. The minimum absolute atomic E-state index is 0.0898. The van der Waals surface area contributed by atoms with Gasteiger partial charge in [0.25, 0.3) is 0 Å². The number of thiophene rings is 1. The zero-order valence-electron chi connectivity index (χ0n) is 14.7. The van der Waals surface area contributed by atoms with Crippen LogP contribution in [0.3, 0.4) is 0 Å². The zero-order valence-corrected chi connectivity index (χ0v) is 16.3. The normalized spacial score (nSPS) is 19.5. The van der Waals surface area contributed by atoms with E-state index in [-0.39, 0.29) is 11.9 Å². The van der Waals surface area contributed by atoms with Gasteiger partial charge in [-0.05, 0) is 44.3 Å². The summed E-state index contributed by atoms with van der Waals surface area (Å²) in [5, 5.41) is 9.63. The van der Waals surface area contributed by atoms with Gasteiger partial charge >= 0.3 is 0 Å². The molecule has 134 valence electrons. The van der Waals surface area contributed by atoms with Crippen LogP contribution in [0.5, 0.6) is 0 Å². The molecule has 7 heteroatoms. The number of likely N-dealkylation sites (N-methyl/N-ethyl adjacent to an activating group) is 1. The lowest BCUT2D eigenvalue weighted by atomic mass is 10.2. The van der Waals surface area contributed by atoms with E-state index in [9.17, 15) is 4.79 Å². The van der Waals surface area contributed by atoms with Gasteiger partial charge in [0.1, 0.15) is 16.1 Å². The Bertz CT molecular complexity index is 736. The van der Waals surface area contributed by atoms with Gasteiger partial charge in [0.05, 0.1) is 5.69 Å². The van der Waals surface area contributed by atoms with Crippen molar-refractivity contribution in [2.24, 2.45) is 5.92 Å². The van der Waals surface area contributed by atoms with E-state index in [1.165, 1.54) is 23.4 Å². The van der Waals surface area contributed by atoms with Gasteiger partial charge in [-0.1, -0.05) is 11.3 Å². The molecule has 1 fully saturated rings. The van der Waals surface area contributed by atoms with Crippen molar-refractivity contribution in [2.45, 2.75) is 25.3 Å². The Labute approximate surface area is 156 Å². The van der Waals surface area contributed by atoms with E-state index in [0.29, 0.717) is 6.54 Å². The fourth-order valence-corrected chi connectivity index (χ4v) is 5.05. The second-order valence-corrected chi connectivity index (χ2v) is 8.95. The van der Waals surface area contributed by atoms with Gasteiger partial charge in [-0.15, -0.1) is 0 Å². The lowest BCUT2D eigenvalue weighted by Crippen LogP contribution is -2.47. The molecule has 4 rings (SSSR count). The van der Waals surface area contributed by atoms with Gasteiger partial charge in [0.2, 0.25) is 5.91 Å². The molecule has 0 aromatic carbocycles. The summed E-state index contributed by atoms with van der Waals surface area (Å²) in [5.41, 5.74) is 2.29. The fraction of sp³-hybridized carbons (Fsp3) is 0.556. The number of thiazole rings is 1. The van der Waals surface area contributed by atoms with E-state index in [4.69, 9.17) is 4.98 Å². The van der Waals surface area contributed by atoms with Gasteiger partial charge in [-0.2, -0.15) is 11.3 Å². The second-order valence-electron chi connectivity index (χ2n) is 7.19. The molecule has 0 radical (unpaired) electrons. The van der Waals surface area contributed by atoms with Crippen LogP contribution in [-0.4, -0.2) is 55.6 Å². The highest BCUT2D eigenvalue weighted by Crippen LogP contribution is 2.43. The van der Waals surface area contributed by atoms with Gasteiger partial charge in [-0.3, -0.25) is 4.79 Å². The van der Waals surface area contributed by atoms with Crippen LogP contribution in [0.4, 0.5) is 5.00 Å². The molecule has 1 N–H and O–H groups in total. The summed E-state index contributed by atoms with van der Waals surface area (Å²) in [6, 6.07) is 2.03. The molecule has 0 bridgehead atoms. The Morgan fingerprint density at radius 2 is 2.28 bits per heavy atom. The third-order valence-electron chi connectivity index (χ3n) is 4.78. The van der Waals surface area contributed by atoms with Crippen LogP contribution in [0, 0.1) is 5.92 Å². The largest absolute Gasteiger partial charge is 0.353 e. The molecule has 3 heterocycles. The van der Waals surface area contributed by atoms with Crippen LogP contribution in [0.1, 0.15) is 18.5 Å². The van der Waals surface area contributed by atoms with Crippen LogP contribution < -0.4 is 10.2 Å². The summed E-state index contributed by atoms with van der Waals surface area (Å²) < 4.78 is 0. The Hall–Kier alpha value is -1.44. The van der Waals surface area contributed by atoms with Crippen molar-refractivity contribution < 1.29 is 4.79 Å². The molecular weight excluding hydrogens is 352 g/mol. The summed E-state index contributed by atoms with van der Waals surface area (Å²) in [6.07, 6.45) is 3.31. The number of carbonyl (C=O) groups excluding carboxylic acids is 1. The minimum Gasteiger partial charge on any atom is -0.353 e. The molecule has 2 aromatic heterocycles. The highest BCUT2D eigenvalue weighted by molar-refractivity contribution is 7.19. The number of aromatic nitrogens is 1. The summed E-state index contributed by atoms with van der Waals surface area (Å²) in [7, 11) is 4.04. The van der Waals surface area contributed by atoms with Crippen molar-refractivity contribution in [3.63, 3.8) is 0 Å². The second kappa shape index (κ2) is 7.05. The Balaban J connectivity index is 1.50. The number of fused-ring (bicyclic) bond motifs is 1. The van der Waals surface area contributed by atoms with Gasteiger partial charge in [0.15, 0.2) is 0 Å². The average molecular weight is 377 g/mol. The van der Waals surface area contributed by atoms with E-state index in [1.54, 1.807) is 22.7 Å². The Kier molecular flexibility index (Phi) is 4.80. The zero-order chi connectivity index (χ0) is 17.4. The number of carbonyl (C=O) groups is 1. The number of rotatable bonds is 7. The third-order valence-corrected chi connectivity index (χ3v) is 6.65. The third kappa shape index (κ3) is 3.73. The molecule has 1 atom stereocenters. The van der Waals surface area contributed by atoms with Crippen LogP contribution in [0.2, 0.25) is 0 Å². The standard InChI is InChI=1S/C18H24N4OS2/c1-21(2)7-6-19-16(23)15-9-14-18(22(15)10-12-3-4-12)25-17(20-14)13-5-8-24-11-13/h5,8,11-12,15H,3-4,6-7,9-10H2,1-2H3,(H,19,23)/t15-/m0/s1. The first-order valence-corrected chi connectivity index (χ1v) is 10.6. The van der Waals surface area contributed by atoms with Crippen molar-refractivity contribution in [2.75, 3.05) is 38.6 Å². The quantitative estimate of drug-likeness (QED) is 0.807. The lowest BCUT2D eigenvalue weighted by molar-refractivity contribution is -0.122. The molecule has 1 aliphatic heterocycles. The van der Waals surface area contributed by atoms with Crippen molar-refractivity contribution >= 4 is 33.6 Å². The predicted octanol–water partition coefficient (Wildman–Crippen LogP) is 2.69. The SMILES string of the molecule is CN(C)CCNC(=O)[C@@H]1Cc2nc(-c3ccsc3)sc2N1CC1CC1. The molecule has 1 saturated carbocycles. The molecule has 0 saturated heterocycles. The molecule has 5 nitrogen and oxygen atoms in total. The Morgan fingerprint density at radius 3 is 2.96 bits per heavy atom. The molecule has 25 heavy (non-hydrogen) atoms. The van der Waals surface area contributed by atoms with E-state index in [1.807, 2.05) is 14.1 Å². The number of nitrogens with one attached hydrogen (secondary N) is 1. The highest BCUT2D eigenvalue weighted by Gasteiger charge is 2.40. The molecule has 2 aliphatic rings. The number of anilines is 1. The average Bonchev–Trinajstić information content (AvgIpc) is 2.99. The smallest absolute Gasteiger partial charge is 0.243 e. The van der Waals surface area contributed by atoms with Crippen LogP contribution >= 0.6 is 22.7 Å². The van der Waals surface area contributed by atoms with Crippen molar-refractivity contribution in [1.82, 2.24) is 15.2 Å².